The van der Waals surface area contributed by atoms with Crippen LogP contribution < -0.4 is 5.32 Å². The lowest BCUT2D eigenvalue weighted by atomic mass is 10.1. The highest BCUT2D eigenvalue weighted by atomic mass is 16.6. The Morgan fingerprint density at radius 2 is 2.46 bits per heavy atom. The number of amides is 1. The summed E-state index contributed by atoms with van der Waals surface area (Å²) in [4.78, 5) is 21.4. The molecule has 74 valence electrons. The van der Waals surface area contributed by atoms with Crippen LogP contribution in [-0.4, -0.2) is 38.2 Å². The van der Waals surface area contributed by atoms with Crippen LogP contribution in [0.5, 0.6) is 0 Å². The van der Waals surface area contributed by atoms with Crippen LogP contribution in [0.4, 0.5) is 0 Å². The van der Waals surface area contributed by atoms with Crippen molar-refractivity contribution in [2.45, 2.75) is 18.9 Å². The summed E-state index contributed by atoms with van der Waals surface area (Å²) in [5, 5.41) is 2.66. The highest BCUT2D eigenvalue weighted by molar-refractivity contribution is 5.76. The van der Waals surface area contributed by atoms with Gasteiger partial charge in [0.25, 0.3) is 0 Å². The first kappa shape index (κ1) is 9.98. The molecule has 1 heterocycles. The van der Waals surface area contributed by atoms with Crippen molar-refractivity contribution in [3.05, 3.63) is 0 Å². The first-order valence-corrected chi connectivity index (χ1v) is 4.17. The van der Waals surface area contributed by atoms with Gasteiger partial charge < -0.3 is 14.8 Å². The largest absolute Gasteiger partial charge is 0.467 e. The van der Waals surface area contributed by atoms with Gasteiger partial charge in [-0.25, -0.2) is 4.79 Å². The Kier molecular flexibility index (Phi) is 3.70. The molecular weight excluding hydrogens is 174 g/mol. The topological polar surface area (TPSA) is 64.6 Å². The summed E-state index contributed by atoms with van der Waals surface area (Å²) in [6.07, 6.45) is 1.08. The zero-order chi connectivity index (χ0) is 9.68. The molecular formula is C8H13NO4. The first-order chi connectivity index (χ1) is 6.22. The summed E-state index contributed by atoms with van der Waals surface area (Å²) in [6, 6.07) is 0. The van der Waals surface area contributed by atoms with Gasteiger partial charge in [-0.1, -0.05) is 0 Å². The molecule has 1 rings (SSSR count). The SMILES string of the molecule is COC(=O)COC1CCC(=O)NC1. The molecule has 1 unspecified atom stereocenters. The van der Waals surface area contributed by atoms with Crippen molar-refractivity contribution in [3.8, 4) is 0 Å². The number of methoxy groups -OCH3 is 1. The van der Waals surface area contributed by atoms with Gasteiger partial charge in [0.05, 0.1) is 13.2 Å². The number of hydrogen-bond acceptors (Lipinski definition) is 4. The van der Waals surface area contributed by atoms with E-state index in [1.165, 1.54) is 7.11 Å². The van der Waals surface area contributed by atoms with Crippen molar-refractivity contribution in [2.75, 3.05) is 20.3 Å². The molecule has 1 N–H and O–H groups in total. The predicted octanol–water partition coefficient (Wildman–Crippen LogP) is -0.545. The van der Waals surface area contributed by atoms with Crippen molar-refractivity contribution in [2.24, 2.45) is 0 Å². The highest BCUT2D eigenvalue weighted by Gasteiger charge is 2.19. The summed E-state index contributed by atoms with van der Waals surface area (Å²) in [5.41, 5.74) is 0. The van der Waals surface area contributed by atoms with Crippen molar-refractivity contribution in [1.29, 1.82) is 0 Å². The van der Waals surface area contributed by atoms with Crippen LogP contribution in [0.1, 0.15) is 12.8 Å². The average Bonchev–Trinajstić information content (AvgIpc) is 2.16. The fraction of sp³-hybridized carbons (Fsp3) is 0.750. The minimum atomic E-state index is -0.392. The van der Waals surface area contributed by atoms with Crippen LogP contribution in [0, 0.1) is 0 Å². The molecule has 1 saturated heterocycles. The van der Waals surface area contributed by atoms with Gasteiger partial charge in [-0.15, -0.1) is 0 Å². The molecule has 0 aromatic heterocycles. The molecule has 0 saturated carbocycles. The van der Waals surface area contributed by atoms with E-state index in [9.17, 15) is 9.59 Å². The predicted molar refractivity (Wildman–Crippen MR) is 44.0 cm³/mol. The number of ether oxygens (including phenoxy) is 2. The third-order valence-electron chi connectivity index (χ3n) is 1.88. The summed E-state index contributed by atoms with van der Waals surface area (Å²) in [6.45, 7) is 0.437. The number of nitrogens with one attached hydrogen (secondary N) is 1. The Morgan fingerprint density at radius 1 is 1.69 bits per heavy atom. The Bertz CT molecular complexity index is 194. The van der Waals surface area contributed by atoms with Crippen molar-refractivity contribution in [1.82, 2.24) is 5.32 Å². The number of rotatable bonds is 3. The van der Waals surface area contributed by atoms with Crippen molar-refractivity contribution < 1.29 is 19.1 Å². The first-order valence-electron chi connectivity index (χ1n) is 4.17. The lowest BCUT2D eigenvalue weighted by Crippen LogP contribution is -2.40. The van der Waals surface area contributed by atoms with Gasteiger partial charge in [0.2, 0.25) is 5.91 Å². The van der Waals surface area contributed by atoms with Crippen LogP contribution >= 0.6 is 0 Å². The molecule has 1 atom stereocenters. The minimum Gasteiger partial charge on any atom is -0.467 e. The second-order valence-corrected chi connectivity index (χ2v) is 2.85. The van der Waals surface area contributed by atoms with E-state index in [-0.39, 0.29) is 18.6 Å². The van der Waals surface area contributed by atoms with Crippen LogP contribution in [0.3, 0.4) is 0 Å². The molecule has 1 aliphatic heterocycles. The monoisotopic (exact) mass is 187 g/mol. The number of hydrogen-bond donors (Lipinski definition) is 1. The van der Waals surface area contributed by atoms with Gasteiger partial charge in [-0.2, -0.15) is 0 Å². The van der Waals surface area contributed by atoms with E-state index < -0.39 is 5.97 Å². The zero-order valence-electron chi connectivity index (χ0n) is 7.54. The average molecular weight is 187 g/mol. The van der Waals surface area contributed by atoms with Crippen LogP contribution in [0.15, 0.2) is 0 Å². The Morgan fingerprint density at radius 3 is 3.00 bits per heavy atom. The molecule has 1 aliphatic rings. The highest BCUT2D eigenvalue weighted by Crippen LogP contribution is 2.06. The smallest absolute Gasteiger partial charge is 0.331 e. The van der Waals surface area contributed by atoms with E-state index in [1.54, 1.807) is 0 Å². The van der Waals surface area contributed by atoms with Gasteiger partial charge in [-0.05, 0) is 6.42 Å². The van der Waals surface area contributed by atoms with E-state index in [2.05, 4.69) is 10.1 Å². The third kappa shape index (κ3) is 3.42. The third-order valence-corrected chi connectivity index (χ3v) is 1.88. The van der Waals surface area contributed by atoms with Crippen LogP contribution in [-0.2, 0) is 19.1 Å². The van der Waals surface area contributed by atoms with E-state index >= 15 is 0 Å². The summed E-state index contributed by atoms with van der Waals surface area (Å²) in [7, 11) is 1.31. The van der Waals surface area contributed by atoms with Gasteiger partial charge in [0, 0.05) is 13.0 Å². The number of piperidine rings is 1. The Hall–Kier alpha value is -1.10. The van der Waals surface area contributed by atoms with Crippen LogP contribution in [0.25, 0.3) is 0 Å². The lowest BCUT2D eigenvalue weighted by molar-refractivity contribution is -0.148. The quantitative estimate of drug-likeness (QED) is 0.602. The molecule has 13 heavy (non-hydrogen) atoms. The van der Waals surface area contributed by atoms with E-state index in [0.29, 0.717) is 19.4 Å². The summed E-state index contributed by atoms with van der Waals surface area (Å²) >= 11 is 0. The molecule has 1 amide bonds. The normalized spacial score (nSPS) is 22.2. The van der Waals surface area contributed by atoms with Gasteiger partial charge >= 0.3 is 5.97 Å². The van der Waals surface area contributed by atoms with Gasteiger partial charge in [0.15, 0.2) is 0 Å². The maximum Gasteiger partial charge on any atom is 0.331 e. The van der Waals surface area contributed by atoms with Crippen LogP contribution in [0.2, 0.25) is 0 Å². The molecule has 5 heteroatoms. The number of esters is 1. The van der Waals surface area contributed by atoms with E-state index in [0.717, 1.165) is 0 Å². The molecule has 0 aromatic rings. The second-order valence-electron chi connectivity index (χ2n) is 2.85. The van der Waals surface area contributed by atoms with E-state index in [4.69, 9.17) is 4.74 Å². The van der Waals surface area contributed by atoms with Crippen molar-refractivity contribution in [3.63, 3.8) is 0 Å². The fourth-order valence-electron chi connectivity index (χ4n) is 1.10. The van der Waals surface area contributed by atoms with Crippen molar-refractivity contribution >= 4 is 11.9 Å². The summed E-state index contributed by atoms with van der Waals surface area (Å²) in [5.74, 6) is -0.352. The standard InChI is InChI=1S/C8H13NO4/c1-12-8(11)5-13-6-2-3-7(10)9-4-6/h6H,2-5H2,1H3,(H,9,10). The lowest BCUT2D eigenvalue weighted by Gasteiger charge is -2.21. The maximum atomic E-state index is 10.7. The molecule has 1 fully saturated rings. The molecule has 0 aromatic carbocycles. The van der Waals surface area contributed by atoms with E-state index in [1.807, 2.05) is 0 Å². The Labute approximate surface area is 76.4 Å². The molecule has 0 spiro atoms. The fourth-order valence-corrected chi connectivity index (χ4v) is 1.10. The zero-order valence-corrected chi connectivity index (χ0v) is 7.54. The molecule has 0 bridgehead atoms. The molecule has 0 radical (unpaired) electrons. The minimum absolute atomic E-state index is 0.0397. The summed E-state index contributed by atoms with van der Waals surface area (Å²) < 4.78 is 9.61. The second kappa shape index (κ2) is 4.81. The molecule has 5 nitrogen and oxygen atoms in total. The van der Waals surface area contributed by atoms with Gasteiger partial charge in [0.1, 0.15) is 6.61 Å². The Balaban J connectivity index is 2.15. The number of carbonyl (C=O) groups is 2. The van der Waals surface area contributed by atoms with Gasteiger partial charge in [-0.3, -0.25) is 4.79 Å². The number of carbonyl (C=O) groups excluding carboxylic acids is 2. The molecule has 0 aliphatic carbocycles. The maximum absolute atomic E-state index is 10.7.